The van der Waals surface area contributed by atoms with Gasteiger partial charge < -0.3 is 15.8 Å². The number of rotatable bonds is 5. The molecule has 0 unspecified atom stereocenters. The topological polar surface area (TPSA) is 61.8 Å². The molecule has 0 bridgehead atoms. The normalized spacial score (nSPS) is 11.4. The Balaban J connectivity index is 2.18. The smallest absolute Gasteiger partial charge is 0.170 e. The molecule has 2 rings (SSSR count). The fourth-order valence-corrected chi connectivity index (χ4v) is 2.13. The Hall–Kier alpha value is -2.56. The SMILES string of the molecule is CCN(Cc1ccc(C(N)=NO)cc1)c1ccccc1F. The van der Waals surface area contributed by atoms with Crippen LogP contribution in [0, 0.1) is 5.82 Å². The molecule has 0 spiro atoms. The van der Waals surface area contributed by atoms with E-state index in [2.05, 4.69) is 5.16 Å². The number of para-hydroxylation sites is 1. The van der Waals surface area contributed by atoms with Crippen molar-refractivity contribution in [1.29, 1.82) is 0 Å². The van der Waals surface area contributed by atoms with Gasteiger partial charge in [0.05, 0.1) is 5.69 Å². The first kappa shape index (κ1) is 14.8. The van der Waals surface area contributed by atoms with Crippen molar-refractivity contribution in [2.24, 2.45) is 10.9 Å². The van der Waals surface area contributed by atoms with E-state index < -0.39 is 0 Å². The number of halogens is 1. The van der Waals surface area contributed by atoms with Crippen LogP contribution in [-0.4, -0.2) is 17.6 Å². The minimum Gasteiger partial charge on any atom is -0.409 e. The van der Waals surface area contributed by atoms with Gasteiger partial charge in [0.25, 0.3) is 0 Å². The van der Waals surface area contributed by atoms with E-state index in [0.717, 1.165) is 5.56 Å². The number of nitrogens with two attached hydrogens (primary N) is 1. The first-order valence-corrected chi connectivity index (χ1v) is 6.72. The molecule has 5 heteroatoms. The maximum atomic E-state index is 13.8. The van der Waals surface area contributed by atoms with Crippen molar-refractivity contribution in [1.82, 2.24) is 0 Å². The van der Waals surface area contributed by atoms with Crippen LogP contribution in [0.4, 0.5) is 10.1 Å². The fraction of sp³-hybridized carbons (Fsp3) is 0.188. The Bertz CT molecular complexity index is 626. The molecule has 2 aromatic rings. The lowest BCUT2D eigenvalue weighted by Crippen LogP contribution is -2.23. The van der Waals surface area contributed by atoms with Gasteiger partial charge in [0.1, 0.15) is 5.82 Å². The van der Waals surface area contributed by atoms with Gasteiger partial charge in [0, 0.05) is 18.7 Å². The van der Waals surface area contributed by atoms with E-state index in [1.807, 2.05) is 30.0 Å². The van der Waals surface area contributed by atoms with Crippen molar-refractivity contribution in [3.05, 3.63) is 65.5 Å². The number of oxime groups is 1. The summed E-state index contributed by atoms with van der Waals surface area (Å²) in [6.07, 6.45) is 0. The molecule has 0 atom stereocenters. The highest BCUT2D eigenvalue weighted by atomic mass is 19.1. The first-order valence-electron chi connectivity index (χ1n) is 6.72. The van der Waals surface area contributed by atoms with Crippen LogP contribution >= 0.6 is 0 Å². The number of anilines is 1. The molecule has 3 N–H and O–H groups in total. The van der Waals surface area contributed by atoms with E-state index in [1.54, 1.807) is 24.3 Å². The van der Waals surface area contributed by atoms with Gasteiger partial charge in [-0.25, -0.2) is 4.39 Å². The molecule has 0 aliphatic rings. The van der Waals surface area contributed by atoms with E-state index in [-0.39, 0.29) is 11.7 Å². The van der Waals surface area contributed by atoms with E-state index in [4.69, 9.17) is 10.9 Å². The molecule has 0 aliphatic carbocycles. The highest BCUT2D eigenvalue weighted by Gasteiger charge is 2.10. The lowest BCUT2D eigenvalue weighted by molar-refractivity contribution is 0.318. The Morgan fingerprint density at radius 3 is 2.43 bits per heavy atom. The molecule has 0 amide bonds. The number of hydrogen-bond acceptors (Lipinski definition) is 3. The Kier molecular flexibility index (Phi) is 4.77. The van der Waals surface area contributed by atoms with Gasteiger partial charge in [-0.05, 0) is 24.6 Å². The number of nitrogens with zero attached hydrogens (tertiary/aromatic N) is 2. The minimum atomic E-state index is -0.229. The third kappa shape index (κ3) is 3.51. The van der Waals surface area contributed by atoms with E-state index in [1.165, 1.54) is 6.07 Å². The maximum Gasteiger partial charge on any atom is 0.170 e. The third-order valence-electron chi connectivity index (χ3n) is 3.31. The minimum absolute atomic E-state index is 0.0722. The van der Waals surface area contributed by atoms with Crippen LogP contribution in [-0.2, 0) is 6.54 Å². The van der Waals surface area contributed by atoms with Gasteiger partial charge in [-0.1, -0.05) is 41.6 Å². The summed E-state index contributed by atoms with van der Waals surface area (Å²) in [5.41, 5.74) is 7.78. The third-order valence-corrected chi connectivity index (χ3v) is 3.31. The van der Waals surface area contributed by atoms with Crippen LogP contribution in [0.15, 0.2) is 53.7 Å². The lowest BCUT2D eigenvalue weighted by atomic mass is 10.1. The summed E-state index contributed by atoms with van der Waals surface area (Å²) < 4.78 is 13.8. The maximum absolute atomic E-state index is 13.8. The number of hydrogen-bond donors (Lipinski definition) is 2. The average molecular weight is 287 g/mol. The van der Waals surface area contributed by atoms with Crippen molar-refractivity contribution in [3.63, 3.8) is 0 Å². The van der Waals surface area contributed by atoms with Crippen LogP contribution in [0.2, 0.25) is 0 Å². The van der Waals surface area contributed by atoms with Crippen molar-refractivity contribution in [3.8, 4) is 0 Å². The van der Waals surface area contributed by atoms with Crippen LogP contribution in [0.3, 0.4) is 0 Å². The molecule has 0 saturated carbocycles. The molecule has 0 aliphatic heterocycles. The predicted octanol–water partition coefficient (Wildman–Crippen LogP) is 2.95. The van der Waals surface area contributed by atoms with Crippen LogP contribution in [0.5, 0.6) is 0 Å². The van der Waals surface area contributed by atoms with Crippen LogP contribution in [0.25, 0.3) is 0 Å². The van der Waals surface area contributed by atoms with Crippen molar-refractivity contribution < 1.29 is 9.60 Å². The second-order valence-corrected chi connectivity index (χ2v) is 4.65. The molecule has 0 fully saturated rings. The predicted molar refractivity (Wildman–Crippen MR) is 82.1 cm³/mol. The summed E-state index contributed by atoms with van der Waals surface area (Å²) in [7, 11) is 0. The largest absolute Gasteiger partial charge is 0.409 e. The highest BCUT2D eigenvalue weighted by molar-refractivity contribution is 5.96. The molecule has 21 heavy (non-hydrogen) atoms. The Morgan fingerprint density at radius 1 is 1.19 bits per heavy atom. The van der Waals surface area contributed by atoms with E-state index >= 15 is 0 Å². The van der Waals surface area contributed by atoms with Crippen LogP contribution in [0.1, 0.15) is 18.1 Å². The van der Waals surface area contributed by atoms with Crippen LogP contribution < -0.4 is 10.6 Å². The van der Waals surface area contributed by atoms with Crippen molar-refractivity contribution in [2.75, 3.05) is 11.4 Å². The zero-order valence-electron chi connectivity index (χ0n) is 11.8. The van der Waals surface area contributed by atoms with Gasteiger partial charge >= 0.3 is 0 Å². The molecule has 0 heterocycles. The molecular weight excluding hydrogens is 269 g/mol. The number of benzene rings is 2. The zero-order chi connectivity index (χ0) is 15.2. The molecule has 0 saturated heterocycles. The van der Waals surface area contributed by atoms with Gasteiger partial charge in [-0.15, -0.1) is 0 Å². The summed E-state index contributed by atoms with van der Waals surface area (Å²) in [5, 5.41) is 11.6. The second kappa shape index (κ2) is 6.74. The highest BCUT2D eigenvalue weighted by Crippen LogP contribution is 2.20. The molecule has 4 nitrogen and oxygen atoms in total. The molecule has 0 radical (unpaired) electrons. The monoisotopic (exact) mass is 287 g/mol. The molecule has 0 aromatic heterocycles. The van der Waals surface area contributed by atoms with Crippen molar-refractivity contribution >= 4 is 11.5 Å². The van der Waals surface area contributed by atoms with Gasteiger partial charge in [-0.3, -0.25) is 0 Å². The van der Waals surface area contributed by atoms with Crippen molar-refractivity contribution in [2.45, 2.75) is 13.5 Å². The summed E-state index contributed by atoms with van der Waals surface area (Å²) in [4.78, 5) is 1.95. The number of amidine groups is 1. The summed E-state index contributed by atoms with van der Waals surface area (Å²) in [6.45, 7) is 3.27. The Morgan fingerprint density at radius 2 is 1.86 bits per heavy atom. The quantitative estimate of drug-likeness (QED) is 0.385. The van der Waals surface area contributed by atoms with E-state index in [9.17, 15) is 4.39 Å². The fourth-order valence-electron chi connectivity index (χ4n) is 2.13. The van der Waals surface area contributed by atoms with E-state index in [0.29, 0.717) is 24.3 Å². The molecular formula is C16H18FN3O. The lowest BCUT2D eigenvalue weighted by Gasteiger charge is -2.23. The summed E-state index contributed by atoms with van der Waals surface area (Å²) in [6, 6.07) is 14.1. The standard InChI is InChI=1S/C16H18FN3O/c1-2-20(15-6-4-3-5-14(15)17)11-12-7-9-13(10-8-12)16(18)19-21/h3-10,21H,2,11H2,1H3,(H2,18,19). The molecule has 2 aromatic carbocycles. The second-order valence-electron chi connectivity index (χ2n) is 4.65. The first-order chi connectivity index (χ1) is 10.2. The Labute approximate surface area is 123 Å². The summed E-state index contributed by atoms with van der Waals surface area (Å²) in [5.74, 6) is -0.157. The van der Waals surface area contributed by atoms with Gasteiger partial charge in [-0.2, -0.15) is 0 Å². The summed E-state index contributed by atoms with van der Waals surface area (Å²) >= 11 is 0. The van der Waals surface area contributed by atoms with Gasteiger partial charge in [0.2, 0.25) is 0 Å². The zero-order valence-corrected chi connectivity index (χ0v) is 11.8. The van der Waals surface area contributed by atoms with Gasteiger partial charge in [0.15, 0.2) is 5.84 Å². The molecule has 110 valence electrons. The average Bonchev–Trinajstić information content (AvgIpc) is 2.53.